The number of nitroso groups, excluding NO2 is 1. The van der Waals surface area contributed by atoms with Crippen molar-refractivity contribution in [3.63, 3.8) is 0 Å². The first-order valence-corrected chi connectivity index (χ1v) is 3.34. The van der Waals surface area contributed by atoms with Crippen LogP contribution in [0.5, 0.6) is 0 Å². The standard InChI is InChI=1S/C7H10N2O2/c1-7(2,3)5-4-6(8-10)9-11-5/h4H,1-3H3. The number of rotatable bonds is 1. The molecule has 0 N–H and O–H groups in total. The monoisotopic (exact) mass is 154 g/mol. The molecule has 4 heteroatoms. The molecule has 0 saturated heterocycles. The second-order valence-electron chi connectivity index (χ2n) is 3.39. The van der Waals surface area contributed by atoms with Gasteiger partial charge < -0.3 is 4.52 Å². The third-order valence-electron chi connectivity index (χ3n) is 1.33. The highest BCUT2D eigenvalue weighted by Gasteiger charge is 2.19. The summed E-state index contributed by atoms with van der Waals surface area (Å²) in [5.74, 6) is 0.780. The highest BCUT2D eigenvalue weighted by molar-refractivity contribution is 5.28. The van der Waals surface area contributed by atoms with E-state index in [9.17, 15) is 4.91 Å². The largest absolute Gasteiger partial charge is 0.358 e. The van der Waals surface area contributed by atoms with Gasteiger partial charge in [0.05, 0.1) is 0 Å². The van der Waals surface area contributed by atoms with E-state index < -0.39 is 0 Å². The van der Waals surface area contributed by atoms with Crippen LogP contribution in [0.15, 0.2) is 15.8 Å². The number of hydrogen-bond donors (Lipinski definition) is 0. The molecule has 0 fully saturated rings. The molecule has 0 aliphatic rings. The van der Waals surface area contributed by atoms with Gasteiger partial charge in [-0.3, -0.25) is 0 Å². The Kier molecular flexibility index (Phi) is 1.76. The summed E-state index contributed by atoms with van der Waals surface area (Å²) in [6.45, 7) is 5.92. The van der Waals surface area contributed by atoms with E-state index in [1.54, 1.807) is 6.07 Å². The average molecular weight is 154 g/mol. The summed E-state index contributed by atoms with van der Waals surface area (Å²) in [4.78, 5) is 9.97. The third kappa shape index (κ3) is 1.63. The SMILES string of the molecule is CC(C)(C)c1cc(N=O)no1. The lowest BCUT2D eigenvalue weighted by molar-refractivity contribution is 0.330. The molecular formula is C7H10N2O2. The maximum Gasteiger partial charge on any atom is 0.238 e. The van der Waals surface area contributed by atoms with Gasteiger partial charge in [0.1, 0.15) is 5.76 Å². The second kappa shape index (κ2) is 2.45. The minimum absolute atomic E-state index is 0.106. The van der Waals surface area contributed by atoms with Crippen molar-refractivity contribution in [2.45, 2.75) is 26.2 Å². The summed E-state index contributed by atoms with van der Waals surface area (Å²) in [7, 11) is 0. The topological polar surface area (TPSA) is 55.5 Å². The van der Waals surface area contributed by atoms with E-state index in [4.69, 9.17) is 4.52 Å². The molecule has 1 heterocycles. The van der Waals surface area contributed by atoms with E-state index in [0.29, 0.717) is 5.76 Å². The van der Waals surface area contributed by atoms with Crippen molar-refractivity contribution in [2.75, 3.05) is 0 Å². The first kappa shape index (κ1) is 7.91. The molecule has 0 aliphatic heterocycles. The van der Waals surface area contributed by atoms with Gasteiger partial charge in [-0.05, 0) is 5.18 Å². The number of nitrogens with zero attached hydrogens (tertiary/aromatic N) is 2. The van der Waals surface area contributed by atoms with Gasteiger partial charge in [0.2, 0.25) is 5.82 Å². The van der Waals surface area contributed by atoms with E-state index in [-0.39, 0.29) is 11.2 Å². The van der Waals surface area contributed by atoms with E-state index in [1.165, 1.54) is 0 Å². The molecule has 1 rings (SSSR count). The Bertz CT molecular complexity index is 260. The summed E-state index contributed by atoms with van der Waals surface area (Å²) in [6, 6.07) is 1.55. The molecule has 0 unspecified atom stereocenters. The number of hydrogen-bond acceptors (Lipinski definition) is 4. The fraction of sp³-hybridized carbons (Fsp3) is 0.571. The molecular weight excluding hydrogens is 144 g/mol. The molecule has 0 amide bonds. The first-order valence-electron chi connectivity index (χ1n) is 3.34. The summed E-state index contributed by atoms with van der Waals surface area (Å²) >= 11 is 0. The molecule has 0 bridgehead atoms. The first-order chi connectivity index (χ1) is 5.04. The minimum atomic E-state index is -0.115. The molecule has 1 aromatic rings. The molecule has 4 nitrogen and oxygen atoms in total. The van der Waals surface area contributed by atoms with Crippen LogP contribution in [-0.4, -0.2) is 5.16 Å². The maximum atomic E-state index is 9.97. The van der Waals surface area contributed by atoms with Gasteiger partial charge in [0.15, 0.2) is 0 Å². The van der Waals surface area contributed by atoms with Crippen LogP contribution in [0.4, 0.5) is 5.82 Å². The minimum Gasteiger partial charge on any atom is -0.358 e. The predicted octanol–water partition coefficient (Wildman–Crippen LogP) is 2.37. The van der Waals surface area contributed by atoms with Crippen molar-refractivity contribution >= 4 is 5.82 Å². The quantitative estimate of drug-likeness (QED) is 0.583. The van der Waals surface area contributed by atoms with Crippen molar-refractivity contribution in [2.24, 2.45) is 5.18 Å². The fourth-order valence-corrected chi connectivity index (χ4v) is 0.662. The van der Waals surface area contributed by atoms with Crippen LogP contribution in [-0.2, 0) is 5.41 Å². The van der Waals surface area contributed by atoms with Crippen LogP contribution in [0, 0.1) is 4.91 Å². The Labute approximate surface area is 64.6 Å². The lowest BCUT2D eigenvalue weighted by Crippen LogP contribution is -2.08. The van der Waals surface area contributed by atoms with Crippen LogP contribution in [0.1, 0.15) is 26.5 Å². The Balaban J connectivity index is 2.98. The molecule has 1 aromatic heterocycles. The zero-order valence-corrected chi connectivity index (χ0v) is 6.79. The zero-order valence-electron chi connectivity index (χ0n) is 6.79. The Morgan fingerprint density at radius 1 is 1.55 bits per heavy atom. The summed E-state index contributed by atoms with van der Waals surface area (Å²) < 4.78 is 4.88. The average Bonchev–Trinajstić information content (AvgIpc) is 2.32. The summed E-state index contributed by atoms with van der Waals surface area (Å²) in [6.07, 6.45) is 0. The van der Waals surface area contributed by atoms with Gasteiger partial charge in [0, 0.05) is 11.5 Å². The van der Waals surface area contributed by atoms with Crippen molar-refractivity contribution < 1.29 is 4.52 Å². The molecule has 0 aliphatic carbocycles. The lowest BCUT2D eigenvalue weighted by Gasteiger charge is -2.11. The molecule has 0 atom stereocenters. The van der Waals surface area contributed by atoms with Crippen molar-refractivity contribution in [3.05, 3.63) is 16.7 Å². The van der Waals surface area contributed by atoms with Crippen LogP contribution in [0.3, 0.4) is 0 Å². The molecule has 60 valence electrons. The Morgan fingerprint density at radius 2 is 2.18 bits per heavy atom. The van der Waals surface area contributed by atoms with Gasteiger partial charge in [-0.1, -0.05) is 25.9 Å². The van der Waals surface area contributed by atoms with Gasteiger partial charge >= 0.3 is 0 Å². The lowest BCUT2D eigenvalue weighted by atomic mass is 9.93. The van der Waals surface area contributed by atoms with Crippen LogP contribution in [0.2, 0.25) is 0 Å². The number of aromatic nitrogens is 1. The molecule has 0 radical (unpaired) electrons. The Morgan fingerprint density at radius 3 is 2.45 bits per heavy atom. The fourth-order valence-electron chi connectivity index (χ4n) is 0.662. The highest BCUT2D eigenvalue weighted by Crippen LogP contribution is 2.25. The third-order valence-corrected chi connectivity index (χ3v) is 1.33. The summed E-state index contributed by atoms with van der Waals surface area (Å²) in [5.41, 5.74) is -0.115. The summed E-state index contributed by atoms with van der Waals surface area (Å²) in [5, 5.41) is 6.10. The molecule has 11 heavy (non-hydrogen) atoms. The van der Waals surface area contributed by atoms with E-state index in [0.717, 1.165) is 0 Å². The molecule has 0 spiro atoms. The van der Waals surface area contributed by atoms with E-state index in [1.807, 2.05) is 20.8 Å². The van der Waals surface area contributed by atoms with E-state index in [2.05, 4.69) is 10.3 Å². The molecule has 0 aromatic carbocycles. The van der Waals surface area contributed by atoms with Gasteiger partial charge in [-0.15, -0.1) is 4.91 Å². The van der Waals surface area contributed by atoms with Crippen molar-refractivity contribution in [1.29, 1.82) is 0 Å². The second-order valence-corrected chi connectivity index (χ2v) is 3.39. The zero-order chi connectivity index (χ0) is 8.48. The predicted molar refractivity (Wildman–Crippen MR) is 40.7 cm³/mol. The molecule has 0 saturated carbocycles. The smallest absolute Gasteiger partial charge is 0.238 e. The highest BCUT2D eigenvalue weighted by atomic mass is 16.5. The van der Waals surface area contributed by atoms with Crippen molar-refractivity contribution in [3.8, 4) is 0 Å². The maximum absolute atomic E-state index is 9.97. The van der Waals surface area contributed by atoms with Crippen molar-refractivity contribution in [1.82, 2.24) is 5.16 Å². The van der Waals surface area contributed by atoms with E-state index >= 15 is 0 Å². The normalized spacial score (nSPS) is 11.5. The van der Waals surface area contributed by atoms with Crippen LogP contribution >= 0.6 is 0 Å². The van der Waals surface area contributed by atoms with Crippen LogP contribution < -0.4 is 0 Å². The van der Waals surface area contributed by atoms with Gasteiger partial charge in [-0.2, -0.15) is 0 Å². The van der Waals surface area contributed by atoms with Crippen LogP contribution in [0.25, 0.3) is 0 Å². The van der Waals surface area contributed by atoms with Gasteiger partial charge in [-0.25, -0.2) is 0 Å². The Hall–Kier alpha value is -1.19. The van der Waals surface area contributed by atoms with Gasteiger partial charge in [0.25, 0.3) is 0 Å².